The van der Waals surface area contributed by atoms with Crippen LogP contribution in [0.15, 0.2) is 5.70 Å². The maximum atomic E-state index is 11.5. The number of aromatic nitrogens is 3. The van der Waals surface area contributed by atoms with E-state index in [-0.39, 0.29) is 23.5 Å². The minimum absolute atomic E-state index is 0.00939. The highest BCUT2D eigenvalue weighted by molar-refractivity contribution is 5.97. The second-order valence-corrected chi connectivity index (χ2v) is 3.40. The van der Waals surface area contributed by atoms with Gasteiger partial charge < -0.3 is 19.5 Å². The number of rotatable bonds is 5. The summed E-state index contributed by atoms with van der Waals surface area (Å²) in [6.45, 7) is 1.26. The number of hydrogen-bond acceptors (Lipinski definition) is 8. The van der Waals surface area contributed by atoms with Gasteiger partial charge in [0.15, 0.2) is 5.82 Å². The van der Waals surface area contributed by atoms with Gasteiger partial charge in [-0.05, 0) is 0 Å². The number of carbonyl (C=O) groups excluding carboxylic acids is 2. The minimum Gasteiger partial charge on any atom is -0.467 e. The molecule has 1 aromatic heterocycles. The maximum Gasteiger partial charge on any atom is 0.354 e. The molecule has 0 fully saturated rings. The Morgan fingerprint density at radius 1 is 1.05 bits per heavy atom. The highest BCUT2D eigenvalue weighted by Gasteiger charge is 2.13. The van der Waals surface area contributed by atoms with Crippen LogP contribution in [0.5, 0.6) is 12.0 Å². The van der Waals surface area contributed by atoms with Gasteiger partial charge >= 0.3 is 18.0 Å². The molecule has 9 heteroatoms. The second kappa shape index (κ2) is 7.02. The van der Waals surface area contributed by atoms with Gasteiger partial charge in [-0.1, -0.05) is 0 Å². The molecule has 0 aliphatic rings. The van der Waals surface area contributed by atoms with Crippen molar-refractivity contribution < 1.29 is 23.8 Å². The molecule has 0 aliphatic carbocycles. The second-order valence-electron chi connectivity index (χ2n) is 3.40. The zero-order valence-electron chi connectivity index (χ0n) is 11.5. The van der Waals surface area contributed by atoms with Gasteiger partial charge in [0.1, 0.15) is 5.70 Å². The van der Waals surface area contributed by atoms with E-state index in [1.165, 1.54) is 34.3 Å². The van der Waals surface area contributed by atoms with Crippen molar-refractivity contribution in [3.8, 4) is 12.0 Å². The third kappa shape index (κ3) is 4.19. The number of nitrogens with one attached hydrogen (secondary N) is 1. The Morgan fingerprint density at radius 2 is 1.60 bits per heavy atom. The van der Waals surface area contributed by atoms with E-state index < -0.39 is 11.9 Å². The number of hydrogen-bond donors (Lipinski definition) is 1. The molecular weight excluding hydrogens is 268 g/mol. The molecule has 20 heavy (non-hydrogen) atoms. The number of ether oxygens (including phenoxy) is 3. The Bertz CT molecular complexity index is 521. The van der Waals surface area contributed by atoms with Crippen molar-refractivity contribution in [2.24, 2.45) is 0 Å². The molecule has 0 unspecified atom stereocenters. The first kappa shape index (κ1) is 15.3. The molecule has 0 bridgehead atoms. The van der Waals surface area contributed by atoms with Crippen molar-refractivity contribution in [1.29, 1.82) is 0 Å². The minimum atomic E-state index is -0.737. The van der Waals surface area contributed by atoms with Crippen LogP contribution in [0.4, 0.5) is 0 Å². The zero-order valence-corrected chi connectivity index (χ0v) is 11.5. The van der Waals surface area contributed by atoms with E-state index >= 15 is 0 Å². The molecule has 1 amide bonds. The van der Waals surface area contributed by atoms with E-state index in [1.807, 2.05) is 0 Å². The lowest BCUT2D eigenvalue weighted by Crippen LogP contribution is -2.25. The van der Waals surface area contributed by atoms with Crippen molar-refractivity contribution in [3.05, 3.63) is 11.5 Å². The number of amides is 1. The van der Waals surface area contributed by atoms with Crippen LogP contribution in [0.25, 0.3) is 6.08 Å². The van der Waals surface area contributed by atoms with E-state index in [2.05, 4.69) is 25.0 Å². The molecule has 0 radical (unpaired) electrons. The summed E-state index contributed by atoms with van der Waals surface area (Å²) in [5.74, 6) is -1.10. The highest BCUT2D eigenvalue weighted by atomic mass is 16.5. The first-order chi connectivity index (χ1) is 9.49. The molecule has 1 aromatic rings. The molecule has 0 aliphatic heterocycles. The zero-order chi connectivity index (χ0) is 15.1. The molecule has 1 heterocycles. The Morgan fingerprint density at radius 3 is 2.00 bits per heavy atom. The van der Waals surface area contributed by atoms with E-state index in [9.17, 15) is 9.59 Å². The number of methoxy groups -OCH3 is 3. The van der Waals surface area contributed by atoms with Gasteiger partial charge in [-0.15, -0.1) is 4.98 Å². The molecule has 1 rings (SSSR count). The van der Waals surface area contributed by atoms with Gasteiger partial charge in [-0.3, -0.25) is 4.79 Å². The van der Waals surface area contributed by atoms with E-state index in [0.29, 0.717) is 0 Å². The van der Waals surface area contributed by atoms with E-state index in [0.717, 1.165) is 0 Å². The van der Waals surface area contributed by atoms with Crippen LogP contribution >= 0.6 is 0 Å². The van der Waals surface area contributed by atoms with Crippen molar-refractivity contribution in [2.45, 2.75) is 6.92 Å². The molecule has 1 N–H and O–H groups in total. The van der Waals surface area contributed by atoms with Crippen molar-refractivity contribution in [1.82, 2.24) is 20.3 Å². The molecule has 108 valence electrons. The average Bonchev–Trinajstić information content (AvgIpc) is 2.44. The van der Waals surface area contributed by atoms with Crippen LogP contribution in [-0.2, 0) is 14.3 Å². The van der Waals surface area contributed by atoms with E-state index in [4.69, 9.17) is 9.47 Å². The van der Waals surface area contributed by atoms with Crippen molar-refractivity contribution >= 4 is 18.0 Å². The lowest BCUT2D eigenvalue weighted by molar-refractivity contribution is -0.137. The van der Waals surface area contributed by atoms with Gasteiger partial charge in [0.05, 0.1) is 21.3 Å². The highest BCUT2D eigenvalue weighted by Crippen LogP contribution is 2.11. The SMILES string of the molecule is COC(=O)/C(=C/c1nc(OC)nc(OC)n1)NC(C)=O. The molecule has 0 spiro atoms. The third-order valence-electron chi connectivity index (χ3n) is 1.97. The topological polar surface area (TPSA) is 113 Å². The van der Waals surface area contributed by atoms with Gasteiger partial charge in [-0.25, -0.2) is 4.79 Å². The molecule has 0 aromatic carbocycles. The Kier molecular flexibility index (Phi) is 5.39. The summed E-state index contributed by atoms with van der Waals surface area (Å²) in [4.78, 5) is 34.2. The number of nitrogens with zero attached hydrogens (tertiary/aromatic N) is 3. The standard InChI is InChI=1S/C11H14N4O5/c1-6(16)12-7(9(17)18-2)5-8-13-10(19-3)15-11(14-8)20-4/h5H,1-4H3,(H,12,16)/b7-5-. The fraction of sp³-hybridized carbons (Fsp3) is 0.364. The summed E-state index contributed by atoms with van der Waals surface area (Å²) in [5, 5.41) is 2.32. The van der Waals surface area contributed by atoms with Gasteiger partial charge in [0.25, 0.3) is 0 Å². The lowest BCUT2D eigenvalue weighted by Gasteiger charge is -2.06. The van der Waals surface area contributed by atoms with Crippen LogP contribution in [0.2, 0.25) is 0 Å². The van der Waals surface area contributed by atoms with Crippen LogP contribution in [0.1, 0.15) is 12.7 Å². The summed E-state index contributed by atoms with van der Waals surface area (Å²) in [5.41, 5.74) is -0.115. The smallest absolute Gasteiger partial charge is 0.354 e. The normalized spacial score (nSPS) is 10.7. The van der Waals surface area contributed by atoms with E-state index in [1.54, 1.807) is 0 Å². The first-order valence-electron chi connectivity index (χ1n) is 5.41. The summed E-state index contributed by atoms with van der Waals surface area (Å²) >= 11 is 0. The summed E-state index contributed by atoms with van der Waals surface area (Å²) in [7, 11) is 3.93. The lowest BCUT2D eigenvalue weighted by atomic mass is 10.3. The molecular formula is C11H14N4O5. The monoisotopic (exact) mass is 282 g/mol. The Labute approximate surface area is 115 Å². The summed E-state index contributed by atoms with van der Waals surface area (Å²) in [6.07, 6.45) is 1.22. The fourth-order valence-corrected chi connectivity index (χ4v) is 1.17. The van der Waals surface area contributed by atoms with Crippen LogP contribution < -0.4 is 14.8 Å². The van der Waals surface area contributed by atoms with Crippen LogP contribution in [0.3, 0.4) is 0 Å². The fourth-order valence-electron chi connectivity index (χ4n) is 1.17. The van der Waals surface area contributed by atoms with Crippen LogP contribution in [0, 0.1) is 0 Å². The number of esters is 1. The number of carbonyl (C=O) groups is 2. The Hall–Kier alpha value is -2.71. The predicted octanol–water partition coefficient (Wildman–Crippen LogP) is -0.461. The van der Waals surface area contributed by atoms with Crippen molar-refractivity contribution in [2.75, 3.05) is 21.3 Å². The molecule has 0 saturated carbocycles. The molecule has 0 atom stereocenters. The summed E-state index contributed by atoms with van der Waals surface area (Å²) < 4.78 is 14.3. The predicted molar refractivity (Wildman–Crippen MR) is 66.7 cm³/mol. The quantitative estimate of drug-likeness (QED) is 0.570. The van der Waals surface area contributed by atoms with Gasteiger partial charge in [-0.2, -0.15) is 9.97 Å². The summed E-state index contributed by atoms with van der Waals surface area (Å²) in [6, 6.07) is 0.0188. The van der Waals surface area contributed by atoms with Crippen LogP contribution in [-0.4, -0.2) is 48.2 Å². The van der Waals surface area contributed by atoms with Gasteiger partial charge in [0.2, 0.25) is 5.91 Å². The molecule has 9 nitrogen and oxygen atoms in total. The van der Waals surface area contributed by atoms with Gasteiger partial charge in [0, 0.05) is 13.0 Å². The largest absolute Gasteiger partial charge is 0.467 e. The third-order valence-corrected chi connectivity index (χ3v) is 1.97. The van der Waals surface area contributed by atoms with Crippen molar-refractivity contribution in [3.63, 3.8) is 0 Å². The molecule has 0 saturated heterocycles. The maximum absolute atomic E-state index is 11.5. The first-order valence-corrected chi connectivity index (χ1v) is 5.41. The average molecular weight is 282 g/mol. The Balaban J connectivity index is 3.21.